The fraction of sp³-hybridized carbons (Fsp3) is 0.571. The fourth-order valence-corrected chi connectivity index (χ4v) is 6.13. The molecular weight excluding hydrogens is 554 g/mol. The van der Waals surface area contributed by atoms with Gasteiger partial charge in [-0.15, -0.1) is 11.3 Å². The minimum atomic E-state index is -3.46. The second kappa shape index (κ2) is 8.69. The van der Waals surface area contributed by atoms with Gasteiger partial charge in [0.25, 0.3) is 0 Å². The van der Waals surface area contributed by atoms with Gasteiger partial charge in [0.15, 0.2) is 6.79 Å². The van der Waals surface area contributed by atoms with Crippen LogP contribution in [0.4, 0.5) is 8.78 Å². The Labute approximate surface area is 211 Å². The van der Waals surface area contributed by atoms with Crippen LogP contribution < -0.4 is 5.46 Å². The molecule has 13 heteroatoms. The van der Waals surface area contributed by atoms with E-state index in [2.05, 4.69) is 15.9 Å². The standard InChI is InChI=1S/C21H26BBrF2NO6PS/c1-18(2,3)30-17(27)11-8-12-14(23)16(21(24,25)26-28-10-29-33-26)34-15(12)13(9-11)22-31-19(4,5)20(6,7)32-22/h8-9,33H,10H2,1-7H3. The molecule has 2 aliphatic heterocycles. The topological polar surface area (TPSA) is 66.5 Å². The number of carbonyl (C=O) groups excluding carboxylic acids is 1. The summed E-state index contributed by atoms with van der Waals surface area (Å²) in [6, 6.07) is -0.320. The molecule has 0 spiro atoms. The van der Waals surface area contributed by atoms with Crippen molar-refractivity contribution in [3.8, 4) is 0 Å². The molecule has 0 radical (unpaired) electrons. The van der Waals surface area contributed by atoms with Crippen molar-refractivity contribution < 1.29 is 37.0 Å². The zero-order valence-corrected chi connectivity index (χ0v) is 23.3. The van der Waals surface area contributed by atoms with Crippen molar-refractivity contribution in [3.05, 3.63) is 27.0 Å². The molecule has 1 aromatic heterocycles. The maximum Gasteiger partial charge on any atom is 0.496 e. The smallest absolute Gasteiger partial charge is 0.456 e. The molecule has 7 nitrogen and oxygen atoms in total. The summed E-state index contributed by atoms with van der Waals surface area (Å²) in [5.41, 5.74) is -1.35. The molecule has 1 aromatic carbocycles. The van der Waals surface area contributed by atoms with E-state index in [0.717, 1.165) is 11.3 Å². The van der Waals surface area contributed by atoms with E-state index in [9.17, 15) is 4.79 Å². The molecule has 3 heterocycles. The third kappa shape index (κ3) is 4.68. The summed E-state index contributed by atoms with van der Waals surface area (Å²) < 4.78 is 54.3. The number of fused-ring (bicyclic) bond motifs is 1. The van der Waals surface area contributed by atoms with Crippen molar-refractivity contribution >= 4 is 64.9 Å². The number of carbonyl (C=O) groups is 1. The predicted molar refractivity (Wildman–Crippen MR) is 131 cm³/mol. The van der Waals surface area contributed by atoms with E-state index >= 15 is 8.78 Å². The molecule has 0 aliphatic carbocycles. The van der Waals surface area contributed by atoms with Crippen LogP contribution in [0.3, 0.4) is 0 Å². The summed E-state index contributed by atoms with van der Waals surface area (Å²) >= 11 is 4.23. The first-order valence-electron chi connectivity index (χ1n) is 10.6. The van der Waals surface area contributed by atoms with Crippen molar-refractivity contribution in [1.29, 1.82) is 0 Å². The average Bonchev–Trinajstić information content (AvgIpc) is 3.38. The number of thiophene rings is 1. The van der Waals surface area contributed by atoms with Crippen LogP contribution in [-0.4, -0.2) is 41.5 Å². The van der Waals surface area contributed by atoms with E-state index in [1.54, 1.807) is 32.9 Å². The zero-order valence-electron chi connectivity index (χ0n) is 19.9. The fourth-order valence-electron chi connectivity index (χ4n) is 3.41. The summed E-state index contributed by atoms with van der Waals surface area (Å²) in [5, 5.41) is 0.427. The number of rotatable bonds is 4. The summed E-state index contributed by atoms with van der Waals surface area (Å²) in [6.45, 7) is 12.6. The molecule has 0 N–H and O–H groups in total. The van der Waals surface area contributed by atoms with Gasteiger partial charge in [-0.1, -0.05) is 4.83 Å². The van der Waals surface area contributed by atoms with Gasteiger partial charge in [-0.25, -0.2) is 4.79 Å². The number of ether oxygens (including phenoxy) is 1. The molecule has 0 bridgehead atoms. The van der Waals surface area contributed by atoms with Gasteiger partial charge in [0.2, 0.25) is 0 Å². The molecule has 4 rings (SSSR count). The Morgan fingerprint density at radius 3 is 2.35 bits per heavy atom. The Morgan fingerprint density at radius 1 is 1.21 bits per heavy atom. The molecule has 0 amide bonds. The normalized spacial score (nSPS) is 21.6. The summed E-state index contributed by atoms with van der Waals surface area (Å²) in [7, 11) is -1.51. The lowest BCUT2D eigenvalue weighted by Gasteiger charge is -2.32. The number of hydroxylamine groups is 1. The summed E-state index contributed by atoms with van der Waals surface area (Å²) in [6.07, 6.45) is 0. The highest BCUT2D eigenvalue weighted by Gasteiger charge is 2.53. The van der Waals surface area contributed by atoms with Gasteiger partial charge >= 0.3 is 19.1 Å². The van der Waals surface area contributed by atoms with E-state index in [0.29, 0.717) is 20.4 Å². The van der Waals surface area contributed by atoms with Crippen LogP contribution in [0, 0.1) is 0 Å². The average molecular weight is 580 g/mol. The Bertz CT molecular complexity index is 1120. The predicted octanol–water partition coefficient (Wildman–Crippen LogP) is 5.70. The second-order valence-electron chi connectivity index (χ2n) is 10.1. The van der Waals surface area contributed by atoms with Crippen LogP contribution in [0.1, 0.15) is 63.7 Å². The van der Waals surface area contributed by atoms with Crippen LogP contribution in [0.15, 0.2) is 16.6 Å². The monoisotopic (exact) mass is 579 g/mol. The van der Waals surface area contributed by atoms with E-state index in [-0.39, 0.29) is 21.7 Å². The molecule has 1 atom stereocenters. The van der Waals surface area contributed by atoms with Crippen LogP contribution in [0.25, 0.3) is 10.1 Å². The van der Waals surface area contributed by atoms with Gasteiger partial charge < -0.3 is 18.6 Å². The van der Waals surface area contributed by atoms with E-state index < -0.39 is 44.9 Å². The first kappa shape index (κ1) is 26.4. The first-order valence-corrected chi connectivity index (χ1v) is 13.0. The Kier molecular flexibility index (Phi) is 6.74. The lowest BCUT2D eigenvalue weighted by atomic mass is 9.77. The largest absolute Gasteiger partial charge is 0.496 e. The number of benzene rings is 1. The third-order valence-corrected chi connectivity index (χ3v) is 9.04. The van der Waals surface area contributed by atoms with Gasteiger partial charge in [0.05, 0.1) is 16.8 Å². The minimum absolute atomic E-state index is 0.154. The minimum Gasteiger partial charge on any atom is -0.456 e. The van der Waals surface area contributed by atoms with Gasteiger partial charge in [-0.2, -0.15) is 8.78 Å². The molecule has 2 aliphatic rings. The number of esters is 1. The highest BCUT2D eigenvalue weighted by molar-refractivity contribution is 9.10. The number of halogens is 3. The van der Waals surface area contributed by atoms with Crippen molar-refractivity contribution in [3.63, 3.8) is 0 Å². The maximum absolute atomic E-state index is 15.4. The number of nitrogens with zero attached hydrogens (tertiary/aromatic N) is 1. The maximum atomic E-state index is 15.4. The highest BCUT2D eigenvalue weighted by Crippen LogP contribution is 2.51. The van der Waals surface area contributed by atoms with Gasteiger partial charge in [0.1, 0.15) is 19.4 Å². The summed E-state index contributed by atoms with van der Waals surface area (Å²) in [4.78, 5) is 18.1. The number of hydrogen-bond donors (Lipinski definition) is 0. The molecule has 34 heavy (non-hydrogen) atoms. The molecule has 186 valence electrons. The van der Waals surface area contributed by atoms with Crippen molar-refractivity contribution in [2.75, 3.05) is 6.79 Å². The lowest BCUT2D eigenvalue weighted by molar-refractivity contribution is -0.258. The van der Waals surface area contributed by atoms with E-state index in [1.807, 2.05) is 27.7 Å². The third-order valence-electron chi connectivity index (χ3n) is 5.82. The van der Waals surface area contributed by atoms with Crippen LogP contribution in [0.5, 0.6) is 0 Å². The molecule has 0 saturated carbocycles. The molecule has 2 saturated heterocycles. The van der Waals surface area contributed by atoms with Gasteiger partial charge in [0, 0.05) is 20.0 Å². The van der Waals surface area contributed by atoms with Crippen LogP contribution in [-0.2, 0) is 29.5 Å². The first-order chi connectivity index (χ1) is 15.5. The van der Waals surface area contributed by atoms with Crippen molar-refractivity contribution in [2.24, 2.45) is 0 Å². The molecule has 2 fully saturated rings. The quantitative estimate of drug-likeness (QED) is 0.199. The van der Waals surface area contributed by atoms with E-state index in [1.165, 1.54) is 0 Å². The second-order valence-corrected chi connectivity index (χ2v) is 12.8. The van der Waals surface area contributed by atoms with Gasteiger partial charge in [-0.05, 0) is 76.5 Å². The zero-order chi connectivity index (χ0) is 25.3. The van der Waals surface area contributed by atoms with Crippen LogP contribution >= 0.6 is 36.2 Å². The van der Waals surface area contributed by atoms with Gasteiger partial charge in [-0.3, -0.25) is 4.84 Å². The lowest BCUT2D eigenvalue weighted by Crippen LogP contribution is -2.41. The molecule has 1 unspecified atom stereocenters. The molecule has 2 aromatic rings. The number of alkyl halides is 2. The Morgan fingerprint density at radius 2 is 1.82 bits per heavy atom. The van der Waals surface area contributed by atoms with Crippen molar-refractivity contribution in [1.82, 2.24) is 4.83 Å². The van der Waals surface area contributed by atoms with E-state index in [4.69, 9.17) is 23.4 Å². The SMILES string of the molecule is CC(C)(C)OC(=O)c1cc(B2OC(C)(C)C(C)(C)O2)c2sc(C(F)(F)N3OCOP3)c(Br)c2c1. The Balaban J connectivity index is 1.89. The Hall–Kier alpha value is -0.715. The number of hydrogen-bond acceptors (Lipinski definition) is 8. The molecular formula is C21H26BBrF2NO6PS. The highest BCUT2D eigenvalue weighted by atomic mass is 79.9. The van der Waals surface area contributed by atoms with Crippen LogP contribution in [0.2, 0.25) is 0 Å². The van der Waals surface area contributed by atoms with Crippen molar-refractivity contribution in [2.45, 2.75) is 71.3 Å². The summed E-state index contributed by atoms with van der Waals surface area (Å²) in [5.74, 6) is -0.573.